The first-order valence-electron chi connectivity index (χ1n) is 7.96. The van der Waals surface area contributed by atoms with Crippen LogP contribution in [0, 0.1) is 11.8 Å². The Morgan fingerprint density at radius 1 is 1.47 bits per heavy atom. The van der Waals surface area contributed by atoms with Crippen LogP contribution in [0.1, 0.15) is 51.9 Å². The van der Waals surface area contributed by atoms with Crippen molar-refractivity contribution in [2.45, 2.75) is 51.9 Å². The van der Waals surface area contributed by atoms with Gasteiger partial charge < -0.3 is 10.6 Å². The molecule has 0 aromatic carbocycles. The molecule has 0 saturated heterocycles. The standard InChI is InChI=1S/C16H28N2O/c1-2-15(11-13-5-3-4-6-13)16(19)18-12-14-7-9-17-10-8-14/h7,13,15,17H,2-6,8-12H2,1H3,(H,18,19). The first-order chi connectivity index (χ1) is 9.29. The summed E-state index contributed by atoms with van der Waals surface area (Å²) in [7, 11) is 0. The van der Waals surface area contributed by atoms with Crippen LogP contribution in [-0.4, -0.2) is 25.5 Å². The van der Waals surface area contributed by atoms with Crippen molar-refractivity contribution in [3.63, 3.8) is 0 Å². The summed E-state index contributed by atoms with van der Waals surface area (Å²) < 4.78 is 0. The van der Waals surface area contributed by atoms with Gasteiger partial charge in [0.1, 0.15) is 0 Å². The van der Waals surface area contributed by atoms with Gasteiger partial charge in [0, 0.05) is 19.0 Å². The number of carbonyl (C=O) groups is 1. The SMILES string of the molecule is CCC(CC1CCCC1)C(=O)NCC1=CCNCC1. The molecule has 0 spiro atoms. The molecule has 3 nitrogen and oxygen atoms in total. The molecule has 1 fully saturated rings. The van der Waals surface area contributed by atoms with Gasteiger partial charge in [0.2, 0.25) is 5.91 Å². The van der Waals surface area contributed by atoms with E-state index in [0.717, 1.165) is 44.8 Å². The van der Waals surface area contributed by atoms with E-state index in [1.54, 1.807) is 0 Å². The summed E-state index contributed by atoms with van der Waals surface area (Å²) in [5, 5.41) is 6.44. The number of nitrogens with one attached hydrogen (secondary N) is 2. The van der Waals surface area contributed by atoms with Crippen molar-refractivity contribution < 1.29 is 4.79 Å². The second-order valence-electron chi connectivity index (χ2n) is 6.03. The fraction of sp³-hybridized carbons (Fsp3) is 0.812. The van der Waals surface area contributed by atoms with Crippen LogP contribution in [0.4, 0.5) is 0 Å². The summed E-state index contributed by atoms with van der Waals surface area (Å²) >= 11 is 0. The molecule has 108 valence electrons. The van der Waals surface area contributed by atoms with E-state index < -0.39 is 0 Å². The van der Waals surface area contributed by atoms with Gasteiger partial charge in [0.05, 0.1) is 0 Å². The molecular formula is C16H28N2O. The van der Waals surface area contributed by atoms with Crippen molar-refractivity contribution in [2.75, 3.05) is 19.6 Å². The van der Waals surface area contributed by atoms with E-state index in [-0.39, 0.29) is 11.8 Å². The Kier molecular flexibility index (Phi) is 5.90. The smallest absolute Gasteiger partial charge is 0.223 e. The Labute approximate surface area is 117 Å². The van der Waals surface area contributed by atoms with Crippen LogP contribution in [0.15, 0.2) is 11.6 Å². The Bertz CT molecular complexity index is 319. The highest BCUT2D eigenvalue weighted by atomic mass is 16.1. The topological polar surface area (TPSA) is 41.1 Å². The van der Waals surface area contributed by atoms with Gasteiger partial charge in [-0.05, 0) is 31.7 Å². The second-order valence-corrected chi connectivity index (χ2v) is 6.03. The number of hydrogen-bond donors (Lipinski definition) is 2. The largest absolute Gasteiger partial charge is 0.352 e. The highest BCUT2D eigenvalue weighted by molar-refractivity contribution is 5.78. The average molecular weight is 264 g/mol. The molecular weight excluding hydrogens is 236 g/mol. The summed E-state index contributed by atoms with van der Waals surface area (Å²) in [6.45, 7) is 4.89. The van der Waals surface area contributed by atoms with Gasteiger partial charge in [0.25, 0.3) is 0 Å². The lowest BCUT2D eigenvalue weighted by atomic mass is 9.90. The minimum Gasteiger partial charge on any atom is -0.352 e. The molecule has 2 N–H and O–H groups in total. The van der Waals surface area contributed by atoms with Crippen molar-refractivity contribution in [3.8, 4) is 0 Å². The van der Waals surface area contributed by atoms with Gasteiger partial charge in [-0.25, -0.2) is 0 Å². The maximum absolute atomic E-state index is 12.3. The summed E-state index contributed by atoms with van der Waals surface area (Å²) in [4.78, 5) is 12.3. The fourth-order valence-electron chi connectivity index (χ4n) is 3.28. The van der Waals surface area contributed by atoms with E-state index in [1.807, 2.05) is 0 Å². The van der Waals surface area contributed by atoms with Crippen molar-refractivity contribution in [2.24, 2.45) is 11.8 Å². The third-order valence-corrected chi connectivity index (χ3v) is 4.60. The molecule has 1 aliphatic heterocycles. The molecule has 1 unspecified atom stereocenters. The molecule has 1 atom stereocenters. The second kappa shape index (κ2) is 7.68. The third-order valence-electron chi connectivity index (χ3n) is 4.60. The maximum atomic E-state index is 12.3. The lowest BCUT2D eigenvalue weighted by molar-refractivity contribution is -0.125. The Balaban J connectivity index is 1.74. The van der Waals surface area contributed by atoms with E-state index >= 15 is 0 Å². The molecule has 1 saturated carbocycles. The molecule has 1 amide bonds. The fourth-order valence-corrected chi connectivity index (χ4v) is 3.28. The molecule has 0 aromatic rings. The Morgan fingerprint density at radius 3 is 2.89 bits per heavy atom. The molecule has 0 aromatic heterocycles. The zero-order valence-electron chi connectivity index (χ0n) is 12.2. The summed E-state index contributed by atoms with van der Waals surface area (Å²) in [5.74, 6) is 1.30. The van der Waals surface area contributed by atoms with Crippen LogP contribution in [-0.2, 0) is 4.79 Å². The van der Waals surface area contributed by atoms with Gasteiger partial charge in [0.15, 0.2) is 0 Å². The Hall–Kier alpha value is -0.830. The maximum Gasteiger partial charge on any atom is 0.223 e. The molecule has 19 heavy (non-hydrogen) atoms. The minimum atomic E-state index is 0.227. The molecule has 3 heteroatoms. The van der Waals surface area contributed by atoms with E-state index in [9.17, 15) is 4.79 Å². The van der Waals surface area contributed by atoms with Crippen LogP contribution in [0.25, 0.3) is 0 Å². The van der Waals surface area contributed by atoms with Gasteiger partial charge in [-0.1, -0.05) is 44.3 Å². The zero-order valence-corrected chi connectivity index (χ0v) is 12.2. The molecule has 2 rings (SSSR count). The van der Waals surface area contributed by atoms with Gasteiger partial charge in [-0.15, -0.1) is 0 Å². The quantitative estimate of drug-likeness (QED) is 0.724. The number of carbonyl (C=O) groups excluding carboxylic acids is 1. The van der Waals surface area contributed by atoms with Crippen LogP contribution >= 0.6 is 0 Å². The van der Waals surface area contributed by atoms with Crippen LogP contribution in [0.5, 0.6) is 0 Å². The number of amides is 1. The Morgan fingerprint density at radius 2 is 2.26 bits per heavy atom. The van der Waals surface area contributed by atoms with Gasteiger partial charge in [-0.3, -0.25) is 4.79 Å². The monoisotopic (exact) mass is 264 g/mol. The van der Waals surface area contributed by atoms with Crippen LogP contribution in [0.2, 0.25) is 0 Å². The van der Waals surface area contributed by atoms with E-state index in [1.165, 1.54) is 31.3 Å². The molecule has 0 bridgehead atoms. The predicted molar refractivity (Wildman–Crippen MR) is 78.9 cm³/mol. The number of hydrogen-bond acceptors (Lipinski definition) is 2. The normalized spacial score (nSPS) is 22.1. The predicted octanol–water partition coefficient (Wildman–Crippen LogP) is 2.63. The molecule has 1 aliphatic carbocycles. The first-order valence-corrected chi connectivity index (χ1v) is 7.96. The molecule has 1 heterocycles. The average Bonchev–Trinajstić information content (AvgIpc) is 2.96. The van der Waals surface area contributed by atoms with Crippen molar-refractivity contribution >= 4 is 5.91 Å². The van der Waals surface area contributed by atoms with Crippen LogP contribution < -0.4 is 10.6 Å². The highest BCUT2D eigenvalue weighted by Gasteiger charge is 2.23. The molecule has 0 radical (unpaired) electrons. The summed E-state index contributed by atoms with van der Waals surface area (Å²) in [6.07, 6.45) is 10.7. The minimum absolute atomic E-state index is 0.227. The van der Waals surface area contributed by atoms with Crippen molar-refractivity contribution in [3.05, 3.63) is 11.6 Å². The first kappa shape index (κ1) is 14.6. The highest BCUT2D eigenvalue weighted by Crippen LogP contribution is 2.31. The van der Waals surface area contributed by atoms with Gasteiger partial charge >= 0.3 is 0 Å². The van der Waals surface area contributed by atoms with Gasteiger partial charge in [-0.2, -0.15) is 0 Å². The third kappa shape index (κ3) is 4.64. The molecule has 2 aliphatic rings. The van der Waals surface area contributed by atoms with Crippen LogP contribution in [0.3, 0.4) is 0 Å². The zero-order chi connectivity index (χ0) is 13.5. The number of rotatable bonds is 6. The van der Waals surface area contributed by atoms with E-state index in [0.29, 0.717) is 0 Å². The van der Waals surface area contributed by atoms with Crippen molar-refractivity contribution in [1.82, 2.24) is 10.6 Å². The summed E-state index contributed by atoms with van der Waals surface area (Å²) in [6, 6.07) is 0. The van der Waals surface area contributed by atoms with E-state index in [4.69, 9.17) is 0 Å². The lowest BCUT2D eigenvalue weighted by Crippen LogP contribution is -2.34. The van der Waals surface area contributed by atoms with Crippen molar-refractivity contribution in [1.29, 1.82) is 0 Å². The lowest BCUT2D eigenvalue weighted by Gasteiger charge is -2.20. The van der Waals surface area contributed by atoms with E-state index in [2.05, 4.69) is 23.6 Å². The summed E-state index contributed by atoms with van der Waals surface area (Å²) in [5.41, 5.74) is 1.38.